The second kappa shape index (κ2) is 5.95. The Bertz CT molecular complexity index is 542. The molecule has 2 nitrogen and oxygen atoms in total. The van der Waals surface area contributed by atoms with E-state index in [1.54, 1.807) is 25.6 Å². The average molecular weight is 348 g/mol. The lowest BCUT2D eigenvalue weighted by Crippen LogP contribution is -1.95. The molecule has 96 valence electrons. The summed E-state index contributed by atoms with van der Waals surface area (Å²) in [6, 6.07) is 7.60. The van der Waals surface area contributed by atoms with Gasteiger partial charge in [-0.2, -0.15) is 0 Å². The van der Waals surface area contributed by atoms with Gasteiger partial charge in [0, 0.05) is 20.8 Å². The second-order valence-corrected chi connectivity index (χ2v) is 5.93. The summed E-state index contributed by atoms with van der Waals surface area (Å²) >= 11 is 11.4. The maximum absolute atomic E-state index is 6.04. The molecular formula is C13H12BrClO2S. The molecule has 1 aromatic carbocycles. The molecule has 0 radical (unpaired) electrons. The highest BCUT2D eigenvalue weighted by Crippen LogP contribution is 2.41. The average Bonchev–Trinajstić information content (AvgIpc) is 2.86. The van der Waals surface area contributed by atoms with Gasteiger partial charge in [0.2, 0.25) is 0 Å². The van der Waals surface area contributed by atoms with Crippen molar-refractivity contribution < 1.29 is 9.47 Å². The van der Waals surface area contributed by atoms with Crippen molar-refractivity contribution in [3.8, 4) is 11.5 Å². The highest BCUT2D eigenvalue weighted by atomic mass is 79.9. The smallest absolute Gasteiger partial charge is 0.129 e. The van der Waals surface area contributed by atoms with Crippen LogP contribution in [0.25, 0.3) is 0 Å². The van der Waals surface area contributed by atoms with Gasteiger partial charge in [0.1, 0.15) is 11.5 Å². The van der Waals surface area contributed by atoms with Gasteiger partial charge in [-0.25, -0.2) is 0 Å². The summed E-state index contributed by atoms with van der Waals surface area (Å²) in [5.41, 5.74) is 1.01. The molecule has 1 unspecified atom stereocenters. The van der Waals surface area contributed by atoms with Crippen LogP contribution < -0.4 is 9.47 Å². The van der Waals surface area contributed by atoms with Gasteiger partial charge >= 0.3 is 0 Å². The molecule has 0 aliphatic rings. The highest BCUT2D eigenvalue weighted by molar-refractivity contribution is 9.09. The standard InChI is InChI=1S/C13H12BrClO2S/c1-16-9-6-12(18-7-9)13(14)10-5-8(15)3-4-11(10)17-2/h3-7,13H,1-2H3. The van der Waals surface area contributed by atoms with Gasteiger partial charge in [-0.1, -0.05) is 27.5 Å². The van der Waals surface area contributed by atoms with Crippen LogP contribution in [0.4, 0.5) is 0 Å². The summed E-state index contributed by atoms with van der Waals surface area (Å²) in [6.07, 6.45) is 0. The second-order valence-electron chi connectivity index (χ2n) is 3.64. The molecule has 2 rings (SSSR count). The SMILES string of the molecule is COc1csc(C(Br)c2cc(Cl)ccc2OC)c1. The van der Waals surface area contributed by atoms with Gasteiger partial charge in [0.15, 0.2) is 0 Å². The normalized spacial score (nSPS) is 12.2. The Hall–Kier alpha value is -0.710. The molecule has 0 N–H and O–H groups in total. The van der Waals surface area contributed by atoms with Crippen molar-refractivity contribution in [3.63, 3.8) is 0 Å². The van der Waals surface area contributed by atoms with Crippen LogP contribution in [0.15, 0.2) is 29.6 Å². The molecule has 18 heavy (non-hydrogen) atoms. The molecule has 0 aliphatic carbocycles. The third-order valence-corrected chi connectivity index (χ3v) is 5.05. The Balaban J connectivity index is 2.38. The number of rotatable bonds is 4. The van der Waals surface area contributed by atoms with E-state index in [1.165, 1.54) is 0 Å². The molecular weight excluding hydrogens is 336 g/mol. The van der Waals surface area contributed by atoms with Gasteiger partial charge in [-0.3, -0.25) is 0 Å². The molecule has 0 amide bonds. The van der Waals surface area contributed by atoms with Gasteiger partial charge in [0.25, 0.3) is 0 Å². The van der Waals surface area contributed by atoms with Crippen LogP contribution in [0.3, 0.4) is 0 Å². The third-order valence-electron chi connectivity index (χ3n) is 2.55. The van der Waals surface area contributed by atoms with Crippen LogP contribution in [0.2, 0.25) is 5.02 Å². The van der Waals surface area contributed by atoms with E-state index < -0.39 is 0 Å². The largest absolute Gasteiger partial charge is 0.496 e. The Kier molecular flexibility index (Phi) is 4.54. The first-order valence-corrected chi connectivity index (χ1v) is 7.43. The minimum Gasteiger partial charge on any atom is -0.496 e. The van der Waals surface area contributed by atoms with Crippen LogP contribution in [-0.4, -0.2) is 14.2 Å². The van der Waals surface area contributed by atoms with Crippen molar-refractivity contribution >= 4 is 38.9 Å². The summed E-state index contributed by atoms with van der Waals surface area (Å²) in [5, 5.41) is 2.67. The van der Waals surface area contributed by atoms with Crippen molar-refractivity contribution in [3.05, 3.63) is 45.1 Å². The van der Waals surface area contributed by atoms with E-state index >= 15 is 0 Å². The first kappa shape index (κ1) is 13.7. The fourth-order valence-electron chi connectivity index (χ4n) is 1.63. The molecule has 0 fully saturated rings. The van der Waals surface area contributed by atoms with Crippen molar-refractivity contribution in [2.45, 2.75) is 4.83 Å². The Morgan fingerprint density at radius 3 is 2.61 bits per heavy atom. The number of halogens is 2. The van der Waals surface area contributed by atoms with E-state index in [-0.39, 0.29) is 4.83 Å². The molecule has 1 atom stereocenters. The van der Waals surface area contributed by atoms with Crippen LogP contribution in [0, 0.1) is 0 Å². The van der Waals surface area contributed by atoms with Gasteiger partial charge < -0.3 is 9.47 Å². The lowest BCUT2D eigenvalue weighted by molar-refractivity contribution is 0.410. The summed E-state index contributed by atoms with van der Waals surface area (Å²) in [7, 11) is 3.32. The van der Waals surface area contributed by atoms with E-state index in [2.05, 4.69) is 15.9 Å². The van der Waals surface area contributed by atoms with Crippen molar-refractivity contribution in [1.29, 1.82) is 0 Å². The van der Waals surface area contributed by atoms with E-state index in [9.17, 15) is 0 Å². The zero-order chi connectivity index (χ0) is 13.1. The van der Waals surface area contributed by atoms with Gasteiger partial charge in [-0.05, 0) is 24.3 Å². The lowest BCUT2D eigenvalue weighted by Gasteiger charge is -2.13. The fraction of sp³-hybridized carbons (Fsp3) is 0.231. The number of hydrogen-bond acceptors (Lipinski definition) is 3. The number of ether oxygens (including phenoxy) is 2. The minimum absolute atomic E-state index is 0.0417. The van der Waals surface area contributed by atoms with E-state index in [4.69, 9.17) is 21.1 Å². The Labute approximate surface area is 124 Å². The van der Waals surface area contributed by atoms with Crippen molar-refractivity contribution in [2.75, 3.05) is 14.2 Å². The monoisotopic (exact) mass is 346 g/mol. The molecule has 0 spiro atoms. The molecule has 0 aliphatic heterocycles. The molecule has 0 saturated carbocycles. The first-order valence-electron chi connectivity index (χ1n) is 5.25. The fourth-order valence-corrected chi connectivity index (χ4v) is 3.47. The van der Waals surface area contributed by atoms with Crippen LogP contribution in [-0.2, 0) is 0 Å². The van der Waals surface area contributed by atoms with Crippen LogP contribution in [0.5, 0.6) is 11.5 Å². The molecule has 0 bridgehead atoms. The quantitative estimate of drug-likeness (QED) is 0.732. The van der Waals surface area contributed by atoms with Crippen LogP contribution in [0.1, 0.15) is 15.3 Å². The zero-order valence-corrected chi connectivity index (χ0v) is 13.1. The predicted molar refractivity (Wildman–Crippen MR) is 79.6 cm³/mol. The summed E-state index contributed by atoms with van der Waals surface area (Å²) in [5.74, 6) is 1.68. The van der Waals surface area contributed by atoms with Crippen molar-refractivity contribution in [1.82, 2.24) is 0 Å². The summed E-state index contributed by atoms with van der Waals surface area (Å²) in [4.78, 5) is 1.19. The number of benzene rings is 1. The number of hydrogen-bond donors (Lipinski definition) is 0. The number of alkyl halides is 1. The maximum Gasteiger partial charge on any atom is 0.129 e. The minimum atomic E-state index is 0.0417. The molecule has 2 aromatic rings. The Morgan fingerprint density at radius 2 is 2.00 bits per heavy atom. The zero-order valence-electron chi connectivity index (χ0n) is 9.94. The van der Waals surface area contributed by atoms with Gasteiger partial charge in [0.05, 0.1) is 19.0 Å². The highest BCUT2D eigenvalue weighted by Gasteiger charge is 2.17. The topological polar surface area (TPSA) is 18.5 Å². The molecule has 5 heteroatoms. The van der Waals surface area contributed by atoms with E-state index in [0.29, 0.717) is 5.02 Å². The van der Waals surface area contributed by atoms with E-state index in [0.717, 1.165) is 21.9 Å². The Morgan fingerprint density at radius 1 is 1.22 bits per heavy atom. The van der Waals surface area contributed by atoms with E-state index in [1.807, 2.05) is 29.6 Å². The first-order chi connectivity index (χ1) is 8.65. The summed E-state index contributed by atoms with van der Waals surface area (Å²) < 4.78 is 10.6. The third kappa shape index (κ3) is 2.82. The lowest BCUT2D eigenvalue weighted by atomic mass is 10.1. The predicted octanol–water partition coefficient (Wildman–Crippen LogP) is 4.90. The number of thiophene rings is 1. The van der Waals surface area contributed by atoms with Gasteiger partial charge in [-0.15, -0.1) is 11.3 Å². The molecule has 1 aromatic heterocycles. The molecule has 0 saturated heterocycles. The number of methoxy groups -OCH3 is 2. The summed E-state index contributed by atoms with van der Waals surface area (Å²) in [6.45, 7) is 0. The van der Waals surface area contributed by atoms with Crippen molar-refractivity contribution in [2.24, 2.45) is 0 Å². The maximum atomic E-state index is 6.04. The van der Waals surface area contributed by atoms with Crippen LogP contribution >= 0.6 is 38.9 Å². The molecule has 1 heterocycles.